The number of hydrogen-bond acceptors (Lipinski definition) is 6. The molecule has 108 valence electrons. The van der Waals surface area contributed by atoms with E-state index in [1.165, 1.54) is 0 Å². The minimum Gasteiger partial charge on any atom is -0.395 e. The average Bonchev–Trinajstić information content (AvgIpc) is 2.87. The normalized spacial score (nSPS) is 11.1. The molecule has 0 aromatic carbocycles. The van der Waals surface area contributed by atoms with Crippen LogP contribution >= 0.6 is 0 Å². The minimum atomic E-state index is 0.0994. The molecule has 1 N–H and O–H groups in total. The van der Waals surface area contributed by atoms with Gasteiger partial charge in [0.25, 0.3) is 5.89 Å². The van der Waals surface area contributed by atoms with Gasteiger partial charge in [0.2, 0.25) is 0 Å². The molecule has 0 amide bonds. The van der Waals surface area contributed by atoms with Gasteiger partial charge in [-0.1, -0.05) is 19.0 Å². The van der Waals surface area contributed by atoms with E-state index in [2.05, 4.69) is 29.0 Å². The van der Waals surface area contributed by atoms with Gasteiger partial charge in [0, 0.05) is 26.2 Å². The van der Waals surface area contributed by atoms with Gasteiger partial charge in [-0.25, -0.2) is 4.98 Å². The van der Waals surface area contributed by atoms with E-state index < -0.39 is 0 Å². The van der Waals surface area contributed by atoms with Gasteiger partial charge in [0.15, 0.2) is 5.82 Å². The molecule has 0 aliphatic rings. The van der Waals surface area contributed by atoms with E-state index >= 15 is 0 Å². The molecule has 0 bridgehead atoms. The number of hydrogen-bond donors (Lipinski definition) is 1. The fraction of sp³-hybridized carbons (Fsp3) is 0.500. The summed E-state index contributed by atoms with van der Waals surface area (Å²) in [6, 6.07) is 3.76. The van der Waals surface area contributed by atoms with Gasteiger partial charge >= 0.3 is 0 Å². The molecular formula is C14H20N4O2. The molecule has 0 saturated carbocycles. The molecule has 0 fully saturated rings. The van der Waals surface area contributed by atoms with Crippen LogP contribution in [0, 0.1) is 5.92 Å². The molecule has 0 aliphatic carbocycles. The summed E-state index contributed by atoms with van der Waals surface area (Å²) < 4.78 is 5.24. The highest BCUT2D eigenvalue weighted by Gasteiger charge is 2.11. The Kier molecular flexibility index (Phi) is 4.68. The monoisotopic (exact) mass is 276 g/mol. The first kappa shape index (κ1) is 14.5. The molecule has 0 aliphatic heterocycles. The lowest BCUT2D eigenvalue weighted by Gasteiger charge is -2.16. The zero-order valence-electron chi connectivity index (χ0n) is 12.1. The van der Waals surface area contributed by atoms with Crippen LogP contribution in [0.25, 0.3) is 11.5 Å². The third-order valence-electron chi connectivity index (χ3n) is 2.88. The summed E-state index contributed by atoms with van der Waals surface area (Å²) in [5, 5.41) is 12.9. The van der Waals surface area contributed by atoms with Gasteiger partial charge in [0.1, 0.15) is 5.82 Å². The van der Waals surface area contributed by atoms with Crippen molar-refractivity contribution in [2.24, 2.45) is 5.92 Å². The largest absolute Gasteiger partial charge is 0.395 e. The standard InChI is InChI=1S/C14H20N4O2/c1-10(2)8-12-16-14(20-17-12)11-4-5-13(15-9-11)18(3)6-7-19/h4-5,9-10,19H,6-8H2,1-3H3. The molecule has 0 spiro atoms. The Hall–Kier alpha value is -1.95. The summed E-state index contributed by atoms with van der Waals surface area (Å²) >= 11 is 0. The highest BCUT2D eigenvalue weighted by molar-refractivity contribution is 5.54. The maximum atomic E-state index is 8.90. The maximum Gasteiger partial charge on any atom is 0.259 e. The number of rotatable bonds is 6. The Bertz CT molecular complexity index is 536. The molecule has 6 heteroatoms. The highest BCUT2D eigenvalue weighted by atomic mass is 16.5. The van der Waals surface area contributed by atoms with Crippen molar-refractivity contribution < 1.29 is 9.63 Å². The van der Waals surface area contributed by atoms with Gasteiger partial charge in [-0.15, -0.1) is 0 Å². The fourth-order valence-electron chi connectivity index (χ4n) is 1.82. The predicted octanol–water partition coefficient (Wildman–Crippen LogP) is 1.76. The molecule has 2 aromatic rings. The van der Waals surface area contributed by atoms with Crippen LogP contribution in [0.1, 0.15) is 19.7 Å². The van der Waals surface area contributed by atoms with Gasteiger partial charge in [-0.3, -0.25) is 0 Å². The van der Waals surface area contributed by atoms with Crippen molar-refractivity contribution in [2.75, 3.05) is 25.1 Å². The van der Waals surface area contributed by atoms with Crippen molar-refractivity contribution in [1.29, 1.82) is 0 Å². The van der Waals surface area contributed by atoms with Gasteiger partial charge in [0.05, 0.1) is 12.2 Å². The summed E-state index contributed by atoms with van der Waals surface area (Å²) in [6.07, 6.45) is 2.50. The van der Waals surface area contributed by atoms with Crippen LogP contribution < -0.4 is 4.90 Å². The summed E-state index contributed by atoms with van der Waals surface area (Å²) in [7, 11) is 1.88. The van der Waals surface area contributed by atoms with Crippen LogP contribution in [0.5, 0.6) is 0 Å². The topological polar surface area (TPSA) is 75.3 Å². The van der Waals surface area contributed by atoms with Crippen molar-refractivity contribution >= 4 is 5.82 Å². The minimum absolute atomic E-state index is 0.0994. The lowest BCUT2D eigenvalue weighted by Crippen LogP contribution is -2.21. The lowest BCUT2D eigenvalue weighted by atomic mass is 10.1. The van der Waals surface area contributed by atoms with Crippen molar-refractivity contribution in [3.8, 4) is 11.5 Å². The molecule has 0 saturated heterocycles. The van der Waals surface area contributed by atoms with E-state index in [4.69, 9.17) is 9.63 Å². The lowest BCUT2D eigenvalue weighted by molar-refractivity contribution is 0.304. The molecule has 2 heterocycles. The van der Waals surface area contributed by atoms with E-state index in [0.717, 1.165) is 23.6 Å². The molecule has 2 aromatic heterocycles. The third-order valence-corrected chi connectivity index (χ3v) is 2.88. The summed E-state index contributed by atoms with van der Waals surface area (Å²) in [5.41, 5.74) is 0.800. The number of anilines is 1. The van der Waals surface area contributed by atoms with Gasteiger partial charge in [-0.2, -0.15) is 4.98 Å². The Balaban J connectivity index is 2.11. The third kappa shape index (κ3) is 3.54. The van der Waals surface area contributed by atoms with Crippen molar-refractivity contribution in [1.82, 2.24) is 15.1 Å². The Labute approximate surface area is 118 Å². The molecule has 0 atom stereocenters. The van der Waals surface area contributed by atoms with Gasteiger partial charge in [-0.05, 0) is 18.1 Å². The number of aliphatic hydroxyl groups is 1. The highest BCUT2D eigenvalue weighted by Crippen LogP contribution is 2.19. The SMILES string of the molecule is CC(C)Cc1noc(-c2ccc(N(C)CCO)nc2)n1. The van der Waals surface area contributed by atoms with E-state index in [9.17, 15) is 0 Å². The summed E-state index contributed by atoms with van der Waals surface area (Å²) in [4.78, 5) is 10.6. The van der Waals surface area contributed by atoms with Gasteiger partial charge < -0.3 is 14.5 Å². The van der Waals surface area contributed by atoms with E-state index in [1.807, 2.05) is 24.1 Å². The van der Waals surface area contributed by atoms with Crippen molar-refractivity contribution in [3.63, 3.8) is 0 Å². The first-order chi connectivity index (χ1) is 9.60. The van der Waals surface area contributed by atoms with Crippen LogP contribution in [0.15, 0.2) is 22.9 Å². The molecular weight excluding hydrogens is 256 g/mol. The number of aliphatic hydroxyl groups excluding tert-OH is 1. The Morgan fingerprint density at radius 1 is 1.35 bits per heavy atom. The molecule has 6 nitrogen and oxygen atoms in total. The van der Waals surface area contributed by atoms with Crippen LogP contribution in [0.2, 0.25) is 0 Å². The van der Waals surface area contributed by atoms with Crippen LogP contribution in [0.3, 0.4) is 0 Å². The zero-order chi connectivity index (χ0) is 14.5. The molecule has 0 unspecified atom stereocenters. The molecule has 2 rings (SSSR count). The van der Waals surface area contributed by atoms with E-state index in [0.29, 0.717) is 18.4 Å². The quantitative estimate of drug-likeness (QED) is 0.866. The Morgan fingerprint density at radius 2 is 2.15 bits per heavy atom. The summed E-state index contributed by atoms with van der Waals surface area (Å²) in [6.45, 7) is 4.88. The number of aromatic nitrogens is 3. The number of pyridine rings is 1. The maximum absolute atomic E-state index is 8.90. The predicted molar refractivity (Wildman–Crippen MR) is 76.4 cm³/mol. The second-order valence-corrected chi connectivity index (χ2v) is 5.16. The van der Waals surface area contributed by atoms with Crippen molar-refractivity contribution in [2.45, 2.75) is 20.3 Å². The first-order valence-corrected chi connectivity index (χ1v) is 6.71. The van der Waals surface area contributed by atoms with Crippen molar-refractivity contribution in [3.05, 3.63) is 24.2 Å². The molecule has 0 radical (unpaired) electrons. The first-order valence-electron chi connectivity index (χ1n) is 6.71. The second-order valence-electron chi connectivity index (χ2n) is 5.16. The number of nitrogens with zero attached hydrogens (tertiary/aromatic N) is 4. The number of likely N-dealkylation sites (N-methyl/N-ethyl adjacent to an activating group) is 1. The van der Waals surface area contributed by atoms with E-state index in [1.54, 1.807) is 6.20 Å². The van der Waals surface area contributed by atoms with Crippen LogP contribution in [-0.4, -0.2) is 40.4 Å². The zero-order valence-corrected chi connectivity index (χ0v) is 12.1. The fourth-order valence-corrected chi connectivity index (χ4v) is 1.82. The molecule has 20 heavy (non-hydrogen) atoms. The second kappa shape index (κ2) is 6.47. The average molecular weight is 276 g/mol. The Morgan fingerprint density at radius 3 is 2.75 bits per heavy atom. The summed E-state index contributed by atoms with van der Waals surface area (Å²) in [5.74, 6) is 2.50. The van der Waals surface area contributed by atoms with Crippen LogP contribution in [0.4, 0.5) is 5.82 Å². The van der Waals surface area contributed by atoms with E-state index in [-0.39, 0.29) is 6.61 Å². The van der Waals surface area contributed by atoms with Crippen LogP contribution in [-0.2, 0) is 6.42 Å². The smallest absolute Gasteiger partial charge is 0.259 e.